The van der Waals surface area contributed by atoms with Gasteiger partial charge in [0.2, 0.25) is 0 Å². The number of nitrogens with two attached hydrogens (primary N) is 1. The minimum absolute atomic E-state index is 0.0466. The Morgan fingerprint density at radius 2 is 2.03 bits per heavy atom. The highest BCUT2D eigenvalue weighted by Crippen LogP contribution is 2.52. The Morgan fingerprint density at radius 3 is 2.66 bits per heavy atom. The van der Waals surface area contributed by atoms with Crippen molar-refractivity contribution in [1.82, 2.24) is 0 Å². The van der Waals surface area contributed by atoms with E-state index in [0.717, 1.165) is 16.9 Å². The predicted molar refractivity (Wildman–Crippen MR) is 124 cm³/mol. The van der Waals surface area contributed by atoms with E-state index in [1.54, 1.807) is 23.1 Å². The Bertz CT molecular complexity index is 1270. The number of thiophene rings is 1. The molecule has 2 aromatic rings. The third kappa shape index (κ3) is 3.57. The maximum atomic E-state index is 13.5. The van der Waals surface area contributed by atoms with Crippen LogP contribution in [-0.4, -0.2) is 10.7 Å². The van der Waals surface area contributed by atoms with Gasteiger partial charge in [-0.2, -0.15) is 5.26 Å². The fourth-order valence-electron chi connectivity index (χ4n) is 4.49. The second-order valence-electron chi connectivity index (χ2n) is 8.84. The van der Waals surface area contributed by atoms with Crippen molar-refractivity contribution >= 4 is 39.4 Å². The molecule has 164 valence electrons. The number of hydrogen-bond acceptors (Lipinski definition) is 7. The fraction of sp³-hybridized carbons (Fsp3) is 0.304. The molecule has 9 heteroatoms. The second kappa shape index (κ2) is 7.76. The molecule has 1 aromatic carbocycles. The molecule has 1 aliphatic carbocycles. The average molecular weight is 469 g/mol. The number of nitro groups is 1. The van der Waals surface area contributed by atoms with E-state index in [1.165, 1.54) is 6.07 Å². The van der Waals surface area contributed by atoms with E-state index >= 15 is 0 Å². The van der Waals surface area contributed by atoms with Crippen molar-refractivity contribution < 1.29 is 9.72 Å². The molecule has 2 heterocycles. The van der Waals surface area contributed by atoms with E-state index in [0.29, 0.717) is 39.7 Å². The molecule has 1 aromatic heterocycles. The van der Waals surface area contributed by atoms with Gasteiger partial charge in [-0.25, -0.2) is 0 Å². The van der Waals surface area contributed by atoms with Gasteiger partial charge in [0, 0.05) is 33.7 Å². The summed E-state index contributed by atoms with van der Waals surface area (Å²) in [7, 11) is 0. The number of halogens is 1. The van der Waals surface area contributed by atoms with Crippen molar-refractivity contribution in [2.75, 3.05) is 4.90 Å². The van der Waals surface area contributed by atoms with Gasteiger partial charge >= 0.3 is 5.00 Å². The predicted octanol–water partition coefficient (Wildman–Crippen LogP) is 5.56. The van der Waals surface area contributed by atoms with Gasteiger partial charge in [0.05, 0.1) is 28.2 Å². The number of anilines is 1. The second-order valence-corrected chi connectivity index (χ2v) is 10.4. The molecule has 0 saturated carbocycles. The minimum Gasteiger partial charge on any atom is -0.384 e. The Hall–Kier alpha value is -3.15. The highest BCUT2D eigenvalue weighted by Gasteiger charge is 2.45. The van der Waals surface area contributed by atoms with Gasteiger partial charge in [-0.15, -0.1) is 0 Å². The molecule has 1 aliphatic heterocycles. The number of benzene rings is 1. The average Bonchev–Trinajstić information content (AvgIpc) is 3.19. The summed E-state index contributed by atoms with van der Waals surface area (Å²) in [4.78, 5) is 26.6. The third-order valence-electron chi connectivity index (χ3n) is 5.87. The lowest BCUT2D eigenvalue weighted by Crippen LogP contribution is -2.42. The van der Waals surface area contributed by atoms with Crippen LogP contribution in [-0.2, 0) is 4.79 Å². The Balaban J connectivity index is 2.02. The molecule has 0 amide bonds. The van der Waals surface area contributed by atoms with Crippen LogP contribution in [0.4, 0.5) is 10.7 Å². The summed E-state index contributed by atoms with van der Waals surface area (Å²) >= 11 is 7.24. The molecule has 0 spiro atoms. The molecule has 2 N–H and O–H groups in total. The Labute approximate surface area is 194 Å². The van der Waals surface area contributed by atoms with Gasteiger partial charge in [0.25, 0.3) is 0 Å². The topological polar surface area (TPSA) is 113 Å². The summed E-state index contributed by atoms with van der Waals surface area (Å²) in [6.45, 7) is 5.94. The maximum Gasteiger partial charge on any atom is 0.324 e. The molecule has 1 unspecified atom stereocenters. The van der Waals surface area contributed by atoms with Crippen LogP contribution in [0.2, 0.25) is 5.02 Å². The molecule has 0 radical (unpaired) electrons. The number of aryl methyl sites for hydroxylation is 1. The number of nitriles is 1. The number of rotatable bonds is 3. The lowest BCUT2D eigenvalue weighted by atomic mass is 9.69. The normalized spacial score (nSPS) is 20.3. The van der Waals surface area contributed by atoms with E-state index in [2.05, 4.69) is 6.07 Å². The summed E-state index contributed by atoms with van der Waals surface area (Å²) in [5.41, 5.74) is 9.27. The maximum absolute atomic E-state index is 13.5. The highest BCUT2D eigenvalue weighted by molar-refractivity contribution is 7.15. The summed E-state index contributed by atoms with van der Waals surface area (Å²) in [5, 5.41) is 21.8. The molecule has 0 bridgehead atoms. The number of carbonyl (C=O) groups is 1. The first-order chi connectivity index (χ1) is 15.0. The quantitative estimate of drug-likeness (QED) is 0.466. The number of ketones is 1. The minimum atomic E-state index is -0.729. The van der Waals surface area contributed by atoms with Gasteiger partial charge < -0.3 is 5.73 Å². The van der Waals surface area contributed by atoms with Crippen LogP contribution in [0.3, 0.4) is 0 Å². The van der Waals surface area contributed by atoms with Crippen molar-refractivity contribution in [2.45, 2.75) is 39.5 Å². The summed E-state index contributed by atoms with van der Waals surface area (Å²) in [6, 6.07) is 10.6. The molecular weight excluding hydrogens is 448 g/mol. The van der Waals surface area contributed by atoms with Crippen LogP contribution in [0.25, 0.3) is 0 Å². The standard InChI is InChI=1S/C23H21ClN4O3S/c1-12-4-5-13(24)8-15(12)27-16-9-23(2,3)10-17(29)21(16)20(14(11-25)22(27)26)18-6-7-19(32-18)28(30)31/h4-8,20H,9-10,26H2,1-3H3. The number of allylic oxidation sites excluding steroid dienone is 3. The molecule has 32 heavy (non-hydrogen) atoms. The van der Waals surface area contributed by atoms with E-state index in [4.69, 9.17) is 17.3 Å². The summed E-state index contributed by atoms with van der Waals surface area (Å²) < 4.78 is 0. The van der Waals surface area contributed by atoms with Gasteiger partial charge in [-0.3, -0.25) is 19.8 Å². The molecule has 0 saturated heterocycles. The van der Waals surface area contributed by atoms with Crippen molar-refractivity contribution in [3.8, 4) is 6.07 Å². The molecule has 1 atom stereocenters. The van der Waals surface area contributed by atoms with Crippen molar-refractivity contribution in [3.63, 3.8) is 0 Å². The zero-order valence-corrected chi connectivity index (χ0v) is 19.4. The molecule has 7 nitrogen and oxygen atoms in total. The SMILES string of the molecule is Cc1ccc(Cl)cc1N1C(N)=C(C#N)C(c2ccc([N+](=O)[O-])s2)C2=C1CC(C)(C)CC2=O. The first kappa shape index (κ1) is 22.1. The lowest BCUT2D eigenvalue weighted by Gasteiger charge is -2.43. The number of carbonyl (C=O) groups excluding carboxylic acids is 1. The summed E-state index contributed by atoms with van der Waals surface area (Å²) in [5.74, 6) is -0.599. The highest BCUT2D eigenvalue weighted by atomic mass is 35.5. The monoisotopic (exact) mass is 468 g/mol. The fourth-order valence-corrected chi connectivity index (χ4v) is 5.60. The molecule has 0 fully saturated rings. The zero-order chi connectivity index (χ0) is 23.4. The van der Waals surface area contributed by atoms with Gasteiger partial charge in [-0.05, 0) is 42.5 Å². The van der Waals surface area contributed by atoms with Crippen LogP contribution >= 0.6 is 22.9 Å². The van der Waals surface area contributed by atoms with Crippen LogP contribution in [0.15, 0.2) is 53.0 Å². The third-order valence-corrected chi connectivity index (χ3v) is 7.21. The van der Waals surface area contributed by atoms with Crippen LogP contribution < -0.4 is 10.6 Å². The first-order valence-corrected chi connectivity index (χ1v) is 11.2. The molecule has 4 rings (SSSR count). The van der Waals surface area contributed by atoms with Gasteiger partial charge in [0.15, 0.2) is 5.78 Å². The smallest absolute Gasteiger partial charge is 0.324 e. The van der Waals surface area contributed by atoms with E-state index in [9.17, 15) is 20.2 Å². The summed E-state index contributed by atoms with van der Waals surface area (Å²) in [6.07, 6.45) is 0.875. The lowest BCUT2D eigenvalue weighted by molar-refractivity contribution is -0.380. The van der Waals surface area contributed by atoms with Gasteiger partial charge in [0.1, 0.15) is 5.82 Å². The van der Waals surface area contributed by atoms with Crippen LogP contribution in [0.1, 0.15) is 43.0 Å². The Kier molecular flexibility index (Phi) is 5.35. The van der Waals surface area contributed by atoms with E-state index < -0.39 is 10.8 Å². The zero-order valence-electron chi connectivity index (χ0n) is 17.8. The number of nitrogens with zero attached hydrogens (tertiary/aromatic N) is 3. The van der Waals surface area contributed by atoms with E-state index in [1.807, 2.05) is 26.8 Å². The van der Waals surface area contributed by atoms with Gasteiger partial charge in [-0.1, -0.05) is 42.9 Å². The number of hydrogen-bond donors (Lipinski definition) is 1. The van der Waals surface area contributed by atoms with Crippen LogP contribution in [0.5, 0.6) is 0 Å². The number of Topliss-reactive ketones (excluding diaryl/α,β-unsaturated/α-hetero) is 1. The van der Waals surface area contributed by atoms with Crippen molar-refractivity contribution in [1.29, 1.82) is 5.26 Å². The van der Waals surface area contributed by atoms with E-state index in [-0.39, 0.29) is 27.6 Å². The molecular formula is C23H21ClN4O3S. The Morgan fingerprint density at radius 1 is 1.31 bits per heavy atom. The van der Waals surface area contributed by atoms with Crippen LogP contribution in [0, 0.1) is 33.8 Å². The molecule has 2 aliphatic rings. The van der Waals surface area contributed by atoms with Crippen molar-refractivity contribution in [2.24, 2.45) is 11.1 Å². The first-order valence-electron chi connectivity index (χ1n) is 10.0. The largest absolute Gasteiger partial charge is 0.384 e. The van der Waals surface area contributed by atoms with Crippen molar-refractivity contribution in [3.05, 3.63) is 78.6 Å².